The lowest BCUT2D eigenvalue weighted by Gasteiger charge is -2.17. The molecule has 8 heteroatoms. The Labute approximate surface area is 122 Å². The number of thiophene rings is 1. The number of aromatic nitrogens is 1. The van der Waals surface area contributed by atoms with E-state index in [4.69, 9.17) is 5.11 Å². The second-order valence-electron chi connectivity index (χ2n) is 4.31. The molecule has 0 aliphatic carbocycles. The lowest BCUT2D eigenvalue weighted by molar-refractivity contribution is -0.155. The molecule has 1 atom stereocenters. The van der Waals surface area contributed by atoms with E-state index in [9.17, 15) is 14.7 Å². The van der Waals surface area contributed by atoms with E-state index >= 15 is 0 Å². The zero-order valence-corrected chi connectivity index (χ0v) is 12.1. The van der Waals surface area contributed by atoms with Crippen LogP contribution in [0.4, 0.5) is 0 Å². The fraction of sp³-hybridized carbons (Fsp3) is 0.250. The summed E-state index contributed by atoms with van der Waals surface area (Å²) in [6.45, 7) is 0.736. The number of carbonyl (C=O) groups is 2. The topological polar surface area (TPSA) is 99.5 Å². The number of carbonyl (C=O) groups excluding carboxylic acids is 1. The summed E-state index contributed by atoms with van der Waals surface area (Å²) in [5, 5.41) is 26.8. The van der Waals surface area contributed by atoms with Gasteiger partial charge in [0.1, 0.15) is 10.7 Å². The molecule has 2 aromatic rings. The molecule has 1 unspecified atom stereocenters. The van der Waals surface area contributed by atoms with Crippen LogP contribution >= 0.6 is 22.7 Å². The molecule has 3 N–H and O–H groups in total. The van der Waals surface area contributed by atoms with Crippen LogP contribution in [-0.4, -0.2) is 39.2 Å². The lowest BCUT2D eigenvalue weighted by Crippen LogP contribution is -2.46. The van der Waals surface area contributed by atoms with Crippen LogP contribution in [0, 0.1) is 0 Å². The van der Waals surface area contributed by atoms with Gasteiger partial charge in [-0.3, -0.25) is 4.79 Å². The summed E-state index contributed by atoms with van der Waals surface area (Å²) in [7, 11) is 0. The van der Waals surface area contributed by atoms with Crippen LogP contribution in [0.2, 0.25) is 0 Å². The molecule has 0 aromatic carbocycles. The van der Waals surface area contributed by atoms with Crippen molar-refractivity contribution in [2.24, 2.45) is 0 Å². The highest BCUT2D eigenvalue weighted by molar-refractivity contribution is 7.14. The van der Waals surface area contributed by atoms with E-state index in [1.165, 1.54) is 22.7 Å². The molecule has 0 spiro atoms. The molecule has 0 saturated heterocycles. The van der Waals surface area contributed by atoms with Gasteiger partial charge in [-0.15, -0.1) is 11.3 Å². The van der Waals surface area contributed by atoms with Crippen LogP contribution in [0.15, 0.2) is 22.2 Å². The summed E-state index contributed by atoms with van der Waals surface area (Å²) in [5.41, 5.74) is -0.851. The van der Waals surface area contributed by atoms with Crippen molar-refractivity contribution in [3.05, 3.63) is 27.9 Å². The number of thiazole rings is 1. The van der Waals surface area contributed by atoms with E-state index < -0.39 is 17.5 Å². The summed E-state index contributed by atoms with van der Waals surface area (Å²) in [5.74, 6) is -1.90. The first-order valence-electron chi connectivity index (χ1n) is 5.62. The van der Waals surface area contributed by atoms with Crippen LogP contribution in [0.3, 0.4) is 0 Å². The maximum atomic E-state index is 11.8. The highest BCUT2D eigenvalue weighted by Crippen LogP contribution is 2.25. The number of amides is 1. The van der Waals surface area contributed by atoms with E-state index in [-0.39, 0.29) is 12.2 Å². The number of aliphatic hydroxyl groups is 1. The summed E-state index contributed by atoms with van der Waals surface area (Å²) in [6, 6.07) is 1.90. The number of nitrogens with one attached hydrogen (secondary N) is 1. The Kier molecular flexibility index (Phi) is 4.17. The molecule has 0 fully saturated rings. The molecule has 0 saturated carbocycles. The first-order chi connectivity index (χ1) is 9.40. The van der Waals surface area contributed by atoms with Gasteiger partial charge < -0.3 is 15.5 Å². The predicted molar refractivity (Wildman–Crippen MR) is 76.0 cm³/mol. The van der Waals surface area contributed by atoms with Crippen molar-refractivity contribution in [1.29, 1.82) is 0 Å². The zero-order chi connectivity index (χ0) is 14.8. The largest absolute Gasteiger partial charge is 0.479 e. The van der Waals surface area contributed by atoms with Crippen LogP contribution in [0.25, 0.3) is 10.6 Å². The van der Waals surface area contributed by atoms with Gasteiger partial charge in [0.15, 0.2) is 5.60 Å². The van der Waals surface area contributed by atoms with Gasteiger partial charge in [-0.2, -0.15) is 11.3 Å². The van der Waals surface area contributed by atoms with E-state index in [0.717, 1.165) is 17.5 Å². The Morgan fingerprint density at radius 3 is 2.80 bits per heavy atom. The third-order valence-electron chi connectivity index (χ3n) is 2.56. The normalized spacial score (nSPS) is 13.7. The Balaban J connectivity index is 2.02. The van der Waals surface area contributed by atoms with Gasteiger partial charge in [0.25, 0.3) is 5.91 Å². The Hall–Kier alpha value is -1.77. The molecule has 0 radical (unpaired) electrons. The van der Waals surface area contributed by atoms with Gasteiger partial charge in [-0.25, -0.2) is 9.78 Å². The van der Waals surface area contributed by atoms with Crippen LogP contribution in [0.1, 0.15) is 17.4 Å². The standard InChI is InChI=1S/C12H12N2O4S2/c1-12(18,11(16)17)6-13-9(15)8-5-20-10(14-8)7-2-3-19-4-7/h2-5,18H,6H2,1H3,(H,13,15)(H,16,17). The minimum Gasteiger partial charge on any atom is -0.479 e. The molecule has 6 nitrogen and oxygen atoms in total. The number of carboxylic acid groups (broad SMARTS) is 1. The van der Waals surface area contributed by atoms with Crippen molar-refractivity contribution in [2.75, 3.05) is 6.54 Å². The van der Waals surface area contributed by atoms with Gasteiger partial charge in [0.05, 0.1) is 6.54 Å². The van der Waals surface area contributed by atoms with Crippen LogP contribution < -0.4 is 5.32 Å². The van der Waals surface area contributed by atoms with Crippen molar-refractivity contribution >= 4 is 34.6 Å². The first kappa shape index (κ1) is 14.6. The van der Waals surface area contributed by atoms with Crippen molar-refractivity contribution in [3.8, 4) is 10.6 Å². The minimum absolute atomic E-state index is 0.206. The van der Waals surface area contributed by atoms with Gasteiger partial charge in [0.2, 0.25) is 0 Å². The number of nitrogens with zero attached hydrogens (tertiary/aromatic N) is 1. The lowest BCUT2D eigenvalue weighted by atomic mass is 10.1. The average Bonchev–Trinajstić information content (AvgIpc) is 3.05. The molecular weight excluding hydrogens is 300 g/mol. The number of hydrogen-bond acceptors (Lipinski definition) is 6. The Morgan fingerprint density at radius 2 is 2.20 bits per heavy atom. The number of aliphatic carboxylic acids is 1. The highest BCUT2D eigenvalue weighted by atomic mass is 32.1. The highest BCUT2D eigenvalue weighted by Gasteiger charge is 2.30. The Bertz CT molecular complexity index is 619. The molecule has 0 bridgehead atoms. The predicted octanol–water partition coefficient (Wildman–Crippen LogP) is 1.44. The minimum atomic E-state index is -2.00. The summed E-state index contributed by atoms with van der Waals surface area (Å²) >= 11 is 2.87. The molecule has 20 heavy (non-hydrogen) atoms. The monoisotopic (exact) mass is 312 g/mol. The Morgan fingerprint density at radius 1 is 1.45 bits per heavy atom. The smallest absolute Gasteiger partial charge is 0.337 e. The first-order valence-corrected chi connectivity index (χ1v) is 7.44. The van der Waals surface area contributed by atoms with Gasteiger partial charge in [-0.1, -0.05) is 0 Å². The number of hydrogen-bond donors (Lipinski definition) is 3. The van der Waals surface area contributed by atoms with Gasteiger partial charge >= 0.3 is 5.97 Å². The molecule has 0 aliphatic heterocycles. The molecule has 2 rings (SSSR count). The van der Waals surface area contributed by atoms with Crippen molar-refractivity contribution < 1.29 is 19.8 Å². The number of carboxylic acids is 1. The van der Waals surface area contributed by atoms with Gasteiger partial charge in [-0.05, 0) is 18.4 Å². The third-order valence-corrected chi connectivity index (χ3v) is 4.13. The third kappa shape index (κ3) is 3.21. The fourth-order valence-corrected chi connectivity index (χ4v) is 2.83. The summed E-state index contributed by atoms with van der Waals surface area (Å²) in [6.07, 6.45) is 0. The van der Waals surface area contributed by atoms with E-state index in [1.807, 2.05) is 16.8 Å². The maximum Gasteiger partial charge on any atom is 0.337 e. The maximum absolute atomic E-state index is 11.8. The average molecular weight is 312 g/mol. The molecule has 2 heterocycles. The molecule has 106 valence electrons. The summed E-state index contributed by atoms with van der Waals surface area (Å²) in [4.78, 5) is 26.7. The molecule has 0 aliphatic rings. The van der Waals surface area contributed by atoms with E-state index in [0.29, 0.717) is 0 Å². The SMILES string of the molecule is CC(O)(CNC(=O)c1csc(-c2ccsc2)n1)C(=O)O. The van der Waals surface area contributed by atoms with E-state index in [1.54, 1.807) is 5.38 Å². The van der Waals surface area contributed by atoms with Crippen LogP contribution in [0.5, 0.6) is 0 Å². The number of rotatable bonds is 5. The van der Waals surface area contributed by atoms with Crippen LogP contribution in [-0.2, 0) is 4.79 Å². The quantitative estimate of drug-likeness (QED) is 0.776. The van der Waals surface area contributed by atoms with Crippen molar-refractivity contribution in [2.45, 2.75) is 12.5 Å². The van der Waals surface area contributed by atoms with Crippen molar-refractivity contribution in [3.63, 3.8) is 0 Å². The zero-order valence-electron chi connectivity index (χ0n) is 10.5. The van der Waals surface area contributed by atoms with Crippen molar-refractivity contribution in [1.82, 2.24) is 10.3 Å². The van der Waals surface area contributed by atoms with Gasteiger partial charge in [0, 0.05) is 16.3 Å². The second-order valence-corrected chi connectivity index (χ2v) is 5.95. The molecule has 1 amide bonds. The van der Waals surface area contributed by atoms with E-state index in [2.05, 4.69) is 10.3 Å². The molecular formula is C12H12N2O4S2. The fourth-order valence-electron chi connectivity index (χ4n) is 1.32. The second kappa shape index (κ2) is 5.70. The molecule has 2 aromatic heterocycles. The summed E-state index contributed by atoms with van der Waals surface area (Å²) < 4.78 is 0.